The third-order valence-corrected chi connectivity index (χ3v) is 3.38. The molecule has 0 aromatic heterocycles. The van der Waals surface area contributed by atoms with Crippen molar-refractivity contribution in [1.29, 1.82) is 0 Å². The number of ether oxygens (including phenoxy) is 1. The van der Waals surface area contributed by atoms with Crippen molar-refractivity contribution in [3.05, 3.63) is 54.1 Å². The van der Waals surface area contributed by atoms with E-state index >= 15 is 0 Å². The molecule has 2 aromatic rings. The number of hydrogen-bond acceptors (Lipinski definition) is 2. The van der Waals surface area contributed by atoms with Crippen LogP contribution in [0.1, 0.15) is 12.5 Å². The Morgan fingerprint density at radius 1 is 1.00 bits per heavy atom. The van der Waals surface area contributed by atoms with Crippen molar-refractivity contribution >= 4 is 11.8 Å². The summed E-state index contributed by atoms with van der Waals surface area (Å²) in [5.41, 5.74) is 1.24. The number of thioether (sulfide) groups is 1. The van der Waals surface area contributed by atoms with Crippen molar-refractivity contribution < 1.29 is 4.74 Å². The first-order valence-corrected chi connectivity index (χ1v) is 6.95. The lowest BCUT2D eigenvalue weighted by molar-refractivity contribution is 0.476. The summed E-state index contributed by atoms with van der Waals surface area (Å²) in [5.74, 6) is 1.84. The topological polar surface area (TPSA) is 9.23 Å². The first kappa shape index (κ1) is 12.1. The summed E-state index contributed by atoms with van der Waals surface area (Å²) in [6.07, 6.45) is 3.06. The molecule has 2 aromatic carbocycles. The van der Waals surface area contributed by atoms with Gasteiger partial charge in [-0.15, -0.1) is 11.8 Å². The Bertz CT molecular complexity index is 477. The van der Waals surface area contributed by atoms with Crippen molar-refractivity contribution in [2.45, 2.75) is 18.2 Å². The van der Waals surface area contributed by atoms with E-state index in [9.17, 15) is 0 Å². The van der Waals surface area contributed by atoms with Crippen molar-refractivity contribution in [1.82, 2.24) is 0 Å². The predicted octanol–water partition coefficient (Wildman–Crippen LogP) is 4.76. The molecule has 0 fully saturated rings. The van der Waals surface area contributed by atoms with E-state index < -0.39 is 0 Å². The largest absolute Gasteiger partial charge is 0.457 e. The van der Waals surface area contributed by atoms with Gasteiger partial charge in [0.2, 0.25) is 0 Å². The monoisotopic (exact) mass is 244 g/mol. The third-order valence-electron chi connectivity index (χ3n) is 2.64. The van der Waals surface area contributed by atoms with Crippen molar-refractivity contribution in [3.63, 3.8) is 0 Å². The molecule has 0 saturated heterocycles. The van der Waals surface area contributed by atoms with Gasteiger partial charge in [-0.05, 0) is 48.6 Å². The van der Waals surface area contributed by atoms with Crippen LogP contribution in [0.5, 0.6) is 11.5 Å². The highest BCUT2D eigenvalue weighted by Crippen LogP contribution is 2.27. The molecule has 0 aliphatic heterocycles. The lowest BCUT2D eigenvalue weighted by Crippen LogP contribution is -1.89. The molecule has 0 N–H and O–H groups in total. The lowest BCUT2D eigenvalue weighted by Gasteiger charge is -2.09. The summed E-state index contributed by atoms with van der Waals surface area (Å²) in [7, 11) is 0. The fourth-order valence-electron chi connectivity index (χ4n) is 1.67. The molecule has 0 aliphatic carbocycles. The zero-order chi connectivity index (χ0) is 12.1. The minimum absolute atomic E-state index is 0.892. The SMILES string of the molecule is CCc1ccccc1Oc1ccc(SC)cc1. The maximum absolute atomic E-state index is 5.89. The van der Waals surface area contributed by atoms with Crippen LogP contribution in [-0.2, 0) is 6.42 Å². The first-order chi connectivity index (χ1) is 8.33. The molecule has 0 radical (unpaired) electrons. The highest BCUT2D eigenvalue weighted by Gasteiger charge is 2.02. The Morgan fingerprint density at radius 3 is 2.35 bits per heavy atom. The molecule has 0 aliphatic rings. The van der Waals surface area contributed by atoms with Crippen LogP contribution in [0.2, 0.25) is 0 Å². The molecule has 0 bridgehead atoms. The number of para-hydroxylation sites is 1. The molecule has 0 saturated carbocycles. The quantitative estimate of drug-likeness (QED) is 0.717. The van der Waals surface area contributed by atoms with Crippen molar-refractivity contribution in [2.24, 2.45) is 0 Å². The van der Waals surface area contributed by atoms with Crippen molar-refractivity contribution in [2.75, 3.05) is 6.26 Å². The molecule has 2 heteroatoms. The molecule has 0 heterocycles. The minimum Gasteiger partial charge on any atom is -0.457 e. The lowest BCUT2D eigenvalue weighted by atomic mass is 10.1. The van der Waals surface area contributed by atoms with Crippen LogP contribution in [-0.4, -0.2) is 6.26 Å². The fraction of sp³-hybridized carbons (Fsp3) is 0.200. The number of benzene rings is 2. The minimum atomic E-state index is 0.892. The van der Waals surface area contributed by atoms with Gasteiger partial charge < -0.3 is 4.74 Å². The molecule has 88 valence electrons. The third kappa shape index (κ3) is 3.04. The fourth-order valence-corrected chi connectivity index (χ4v) is 2.07. The van der Waals surface area contributed by atoms with E-state index in [4.69, 9.17) is 4.74 Å². The summed E-state index contributed by atoms with van der Waals surface area (Å²) >= 11 is 1.74. The standard InChI is InChI=1S/C15H16OS/c1-3-12-6-4-5-7-15(12)16-13-8-10-14(17-2)11-9-13/h4-11H,3H2,1-2H3. The molecule has 0 atom stereocenters. The van der Waals surface area contributed by atoms with Gasteiger partial charge in [0.05, 0.1) is 0 Å². The molecule has 1 nitrogen and oxygen atoms in total. The molecular weight excluding hydrogens is 228 g/mol. The number of hydrogen-bond donors (Lipinski definition) is 0. The second-order valence-electron chi connectivity index (χ2n) is 3.74. The summed E-state index contributed by atoms with van der Waals surface area (Å²) in [5, 5.41) is 0. The van der Waals surface area contributed by atoms with Gasteiger partial charge in [0.1, 0.15) is 11.5 Å². The van der Waals surface area contributed by atoms with E-state index in [-0.39, 0.29) is 0 Å². The first-order valence-electron chi connectivity index (χ1n) is 5.73. The van der Waals surface area contributed by atoms with Gasteiger partial charge in [-0.3, -0.25) is 0 Å². The maximum Gasteiger partial charge on any atom is 0.130 e. The van der Waals surface area contributed by atoms with Gasteiger partial charge in [0, 0.05) is 4.90 Å². The van der Waals surface area contributed by atoms with E-state index in [0.29, 0.717) is 0 Å². The van der Waals surface area contributed by atoms with E-state index in [1.165, 1.54) is 10.5 Å². The average molecular weight is 244 g/mol. The van der Waals surface area contributed by atoms with E-state index in [2.05, 4.69) is 31.4 Å². The molecule has 0 unspecified atom stereocenters. The van der Waals surface area contributed by atoms with Gasteiger partial charge in [-0.1, -0.05) is 25.1 Å². The summed E-state index contributed by atoms with van der Waals surface area (Å²) in [6, 6.07) is 16.3. The van der Waals surface area contributed by atoms with Crippen LogP contribution in [0.15, 0.2) is 53.4 Å². The van der Waals surface area contributed by atoms with E-state index in [1.807, 2.05) is 30.3 Å². The van der Waals surface area contributed by atoms with Crippen LogP contribution in [0, 0.1) is 0 Å². The average Bonchev–Trinajstić information content (AvgIpc) is 2.40. The second kappa shape index (κ2) is 5.78. The van der Waals surface area contributed by atoms with Gasteiger partial charge in [-0.2, -0.15) is 0 Å². The van der Waals surface area contributed by atoms with Crippen LogP contribution in [0.3, 0.4) is 0 Å². The zero-order valence-electron chi connectivity index (χ0n) is 10.1. The molecular formula is C15H16OS. The van der Waals surface area contributed by atoms with Gasteiger partial charge in [-0.25, -0.2) is 0 Å². The van der Waals surface area contributed by atoms with Crippen molar-refractivity contribution in [3.8, 4) is 11.5 Å². The normalized spacial score (nSPS) is 10.2. The highest BCUT2D eigenvalue weighted by molar-refractivity contribution is 7.98. The Kier molecular flexibility index (Phi) is 4.10. The van der Waals surface area contributed by atoms with Gasteiger partial charge >= 0.3 is 0 Å². The number of aryl methyl sites for hydroxylation is 1. The Hall–Kier alpha value is -1.41. The molecule has 0 amide bonds. The predicted molar refractivity (Wildman–Crippen MR) is 74.1 cm³/mol. The summed E-state index contributed by atoms with van der Waals surface area (Å²) in [4.78, 5) is 1.25. The van der Waals surface area contributed by atoms with Gasteiger partial charge in [0.25, 0.3) is 0 Å². The molecule has 17 heavy (non-hydrogen) atoms. The molecule has 0 spiro atoms. The smallest absolute Gasteiger partial charge is 0.130 e. The Labute approximate surface area is 107 Å². The molecule has 2 rings (SSSR count). The summed E-state index contributed by atoms with van der Waals surface area (Å²) in [6.45, 7) is 2.14. The van der Waals surface area contributed by atoms with Crippen LogP contribution in [0.4, 0.5) is 0 Å². The Morgan fingerprint density at radius 2 is 1.71 bits per heavy atom. The van der Waals surface area contributed by atoms with E-state index in [1.54, 1.807) is 11.8 Å². The van der Waals surface area contributed by atoms with E-state index in [0.717, 1.165) is 17.9 Å². The highest BCUT2D eigenvalue weighted by atomic mass is 32.2. The number of rotatable bonds is 4. The van der Waals surface area contributed by atoms with Gasteiger partial charge in [0.15, 0.2) is 0 Å². The zero-order valence-corrected chi connectivity index (χ0v) is 11.0. The van der Waals surface area contributed by atoms with Crippen LogP contribution < -0.4 is 4.74 Å². The Balaban J connectivity index is 2.19. The second-order valence-corrected chi connectivity index (χ2v) is 4.62. The van der Waals surface area contributed by atoms with Crippen LogP contribution in [0.25, 0.3) is 0 Å². The van der Waals surface area contributed by atoms with Crippen LogP contribution >= 0.6 is 11.8 Å². The maximum atomic E-state index is 5.89. The summed E-state index contributed by atoms with van der Waals surface area (Å²) < 4.78 is 5.89.